The van der Waals surface area contributed by atoms with Crippen molar-refractivity contribution in [1.82, 2.24) is 0 Å². The molecule has 0 saturated heterocycles. The molecule has 2 atom stereocenters. The van der Waals surface area contributed by atoms with E-state index in [1.165, 1.54) is 78.9 Å². The van der Waals surface area contributed by atoms with Crippen LogP contribution in [-0.4, -0.2) is 9.52 Å². The third-order valence-corrected chi connectivity index (χ3v) is 9.74. The fourth-order valence-corrected chi connectivity index (χ4v) is 6.85. The van der Waals surface area contributed by atoms with Crippen molar-refractivity contribution in [3.63, 3.8) is 0 Å². The Morgan fingerprint density at radius 1 is 0.558 bits per heavy atom. The molecular formula is C48H60Cl2SiZr. The van der Waals surface area contributed by atoms with Crippen LogP contribution >= 0.6 is 17.0 Å². The summed E-state index contributed by atoms with van der Waals surface area (Å²) < 4.78 is 0. The summed E-state index contributed by atoms with van der Waals surface area (Å²) in [5, 5.41) is 5.60. The molecule has 6 aromatic rings. The summed E-state index contributed by atoms with van der Waals surface area (Å²) in [5.41, 5.74) is 11.4. The first-order chi connectivity index (χ1) is 25.0. The Hall–Kier alpha value is -2.22. The first kappa shape index (κ1) is 44.2. The molecule has 0 aliphatic carbocycles. The molecule has 0 saturated carbocycles. The maximum atomic E-state index is 4.93. The Kier molecular flexibility index (Phi) is 19.4. The Labute approximate surface area is 338 Å². The fourth-order valence-electron chi connectivity index (χ4n) is 6.85. The SMILES string of the molecule is CCC(C)c1cc2c(-c3ccccc3)c(CC(C)C)ccc2[cH-]1.CCC(C)c1cc2c(-c3ccccc3)c(CC(C)C)ccc2[cH-]1.C[Si]C.[Cl][Zr+2][Cl]. The number of rotatable bonds is 10. The number of fused-ring (bicyclic) bond motifs is 2. The van der Waals surface area contributed by atoms with Crippen molar-refractivity contribution >= 4 is 48.1 Å². The van der Waals surface area contributed by atoms with Crippen LogP contribution < -0.4 is 0 Å². The predicted octanol–water partition coefficient (Wildman–Crippen LogP) is 16.0. The van der Waals surface area contributed by atoms with Gasteiger partial charge in [-0.1, -0.05) is 164 Å². The molecule has 0 amide bonds. The van der Waals surface area contributed by atoms with Gasteiger partial charge in [-0.15, -0.1) is 69.1 Å². The monoisotopic (exact) mass is 824 g/mol. The van der Waals surface area contributed by atoms with E-state index in [9.17, 15) is 0 Å². The quantitative estimate of drug-likeness (QED) is 0.0953. The van der Waals surface area contributed by atoms with Crippen molar-refractivity contribution in [2.24, 2.45) is 11.8 Å². The van der Waals surface area contributed by atoms with Gasteiger partial charge < -0.3 is 0 Å². The molecule has 0 spiro atoms. The van der Waals surface area contributed by atoms with Gasteiger partial charge in [0, 0.05) is 9.52 Å². The van der Waals surface area contributed by atoms with Crippen molar-refractivity contribution in [3.05, 3.63) is 131 Å². The van der Waals surface area contributed by atoms with E-state index in [0.717, 1.165) is 22.4 Å². The fraction of sp³-hybridized carbons (Fsp3) is 0.375. The first-order valence-corrected chi connectivity index (χ1v) is 27.5. The van der Waals surface area contributed by atoms with Crippen LogP contribution in [-0.2, 0) is 33.7 Å². The van der Waals surface area contributed by atoms with Crippen LogP contribution in [0.1, 0.15) is 102 Å². The van der Waals surface area contributed by atoms with E-state index in [-0.39, 0.29) is 0 Å². The molecular weight excluding hydrogens is 767 g/mol. The number of benzene rings is 4. The van der Waals surface area contributed by atoms with Gasteiger partial charge in [0.2, 0.25) is 0 Å². The molecule has 2 unspecified atom stereocenters. The van der Waals surface area contributed by atoms with Crippen LogP contribution in [0, 0.1) is 11.8 Å². The second-order valence-corrected chi connectivity index (χ2v) is 19.6. The van der Waals surface area contributed by atoms with Crippen LogP contribution in [0.5, 0.6) is 0 Å². The summed E-state index contributed by atoms with van der Waals surface area (Å²) >= 11 is -0.826. The summed E-state index contributed by atoms with van der Waals surface area (Å²) in [7, 11) is 11.0. The molecule has 4 heteroatoms. The van der Waals surface area contributed by atoms with Crippen LogP contribution in [0.2, 0.25) is 13.1 Å². The van der Waals surface area contributed by atoms with Crippen LogP contribution in [0.25, 0.3) is 43.8 Å². The summed E-state index contributed by atoms with van der Waals surface area (Å²) in [6, 6.07) is 40.7. The summed E-state index contributed by atoms with van der Waals surface area (Å²) in [6.07, 6.45) is 4.64. The number of hydrogen-bond donors (Lipinski definition) is 0. The Morgan fingerprint density at radius 3 is 1.17 bits per heavy atom. The molecule has 6 aromatic carbocycles. The average Bonchev–Trinajstić information content (AvgIpc) is 3.77. The van der Waals surface area contributed by atoms with Crippen molar-refractivity contribution in [1.29, 1.82) is 0 Å². The Morgan fingerprint density at radius 2 is 0.885 bits per heavy atom. The third-order valence-electron chi connectivity index (χ3n) is 9.74. The molecule has 52 heavy (non-hydrogen) atoms. The van der Waals surface area contributed by atoms with E-state index in [1.807, 2.05) is 0 Å². The summed E-state index contributed by atoms with van der Waals surface area (Å²) in [4.78, 5) is 0. The Balaban J connectivity index is 0.000000244. The van der Waals surface area contributed by atoms with E-state index < -0.39 is 20.8 Å². The minimum atomic E-state index is -0.826. The molecule has 0 aromatic heterocycles. The molecule has 0 fully saturated rings. The standard InChI is InChI=1S/2C23H27.C2H6Si.2ClH.Zr/c2*1-5-17(4)21-14-19-11-12-20(13-16(2)3)23(22(19)15-21)18-9-7-6-8-10-18;1-3-2;;;/h2*6-12,14-17H,5,13H2,1-4H3;1-2H3;2*1H;/q2*-1;;;;+4/p-2. The molecule has 0 bridgehead atoms. The summed E-state index contributed by atoms with van der Waals surface area (Å²) in [5.74, 6) is 2.58. The molecule has 0 aliphatic heterocycles. The topological polar surface area (TPSA) is 0 Å². The van der Waals surface area contributed by atoms with Gasteiger partial charge in [0.25, 0.3) is 0 Å². The van der Waals surface area contributed by atoms with E-state index in [2.05, 4.69) is 178 Å². The van der Waals surface area contributed by atoms with Gasteiger partial charge in [0.1, 0.15) is 0 Å². The second-order valence-electron chi connectivity index (χ2n) is 14.9. The molecule has 2 radical (unpaired) electrons. The van der Waals surface area contributed by atoms with E-state index >= 15 is 0 Å². The van der Waals surface area contributed by atoms with E-state index in [0.29, 0.717) is 23.7 Å². The van der Waals surface area contributed by atoms with Gasteiger partial charge in [-0.2, -0.15) is 12.1 Å². The van der Waals surface area contributed by atoms with Crippen molar-refractivity contribution in [2.45, 2.75) is 106 Å². The number of halogens is 2. The first-order valence-electron chi connectivity index (χ1n) is 19.1. The number of hydrogen-bond acceptors (Lipinski definition) is 0. The minimum absolute atomic E-state index is 0.625. The van der Waals surface area contributed by atoms with Gasteiger partial charge in [0.15, 0.2) is 0 Å². The van der Waals surface area contributed by atoms with Crippen LogP contribution in [0.4, 0.5) is 0 Å². The second kappa shape index (κ2) is 22.9. The third kappa shape index (κ3) is 12.4. The normalized spacial score (nSPS) is 12.0. The van der Waals surface area contributed by atoms with Crippen molar-refractivity contribution in [2.75, 3.05) is 0 Å². The van der Waals surface area contributed by atoms with Crippen LogP contribution in [0.3, 0.4) is 0 Å². The van der Waals surface area contributed by atoms with Gasteiger partial charge in [-0.3, -0.25) is 0 Å². The van der Waals surface area contributed by atoms with Crippen molar-refractivity contribution in [3.8, 4) is 22.3 Å². The van der Waals surface area contributed by atoms with Gasteiger partial charge in [0.05, 0.1) is 0 Å². The van der Waals surface area contributed by atoms with Gasteiger partial charge in [-0.05, 0) is 47.6 Å². The Bertz CT molecular complexity index is 1740. The molecule has 6 rings (SSSR count). The zero-order valence-electron chi connectivity index (χ0n) is 33.3. The molecule has 0 nitrogen and oxygen atoms in total. The zero-order chi connectivity index (χ0) is 38.2. The van der Waals surface area contributed by atoms with Gasteiger partial charge >= 0.3 is 37.9 Å². The van der Waals surface area contributed by atoms with E-state index in [1.54, 1.807) is 0 Å². The molecule has 0 heterocycles. The zero-order valence-corrected chi connectivity index (χ0v) is 38.3. The average molecular weight is 827 g/mol. The molecule has 0 aliphatic rings. The molecule has 0 N–H and O–H groups in total. The molecule has 274 valence electrons. The predicted molar refractivity (Wildman–Crippen MR) is 234 cm³/mol. The van der Waals surface area contributed by atoms with Gasteiger partial charge in [-0.25, -0.2) is 0 Å². The maximum absolute atomic E-state index is 4.93. The summed E-state index contributed by atoms with van der Waals surface area (Å²) in [6.45, 7) is 22.7. The van der Waals surface area contributed by atoms with Crippen molar-refractivity contribution < 1.29 is 20.8 Å². The van der Waals surface area contributed by atoms with Crippen LogP contribution in [0.15, 0.2) is 109 Å². The van der Waals surface area contributed by atoms with E-state index in [4.69, 9.17) is 17.0 Å².